The molecule has 0 aliphatic heterocycles. The second-order valence-corrected chi connectivity index (χ2v) is 6.99. The molecule has 0 radical (unpaired) electrons. The van der Waals surface area contributed by atoms with Gasteiger partial charge in [-0.25, -0.2) is 0 Å². The van der Waals surface area contributed by atoms with E-state index in [9.17, 15) is 5.11 Å². The Morgan fingerprint density at radius 1 is 0.609 bits per heavy atom. The lowest BCUT2D eigenvalue weighted by atomic mass is 9.96. The van der Waals surface area contributed by atoms with Crippen molar-refractivity contribution in [3.8, 4) is 5.75 Å². The summed E-state index contributed by atoms with van der Waals surface area (Å²) in [6.07, 6.45) is 18.4. The molecule has 0 aliphatic carbocycles. The van der Waals surface area contributed by atoms with E-state index in [-0.39, 0.29) is 0 Å². The Labute approximate surface area is 144 Å². The number of aromatic hydroxyl groups is 1. The molecule has 0 bridgehead atoms. The monoisotopic (exact) mass is 318 g/mol. The maximum Gasteiger partial charge on any atom is 0.115 e. The molecule has 0 heterocycles. The van der Waals surface area contributed by atoms with E-state index in [0.29, 0.717) is 5.75 Å². The Kier molecular flexibility index (Phi) is 11.7. The summed E-state index contributed by atoms with van der Waals surface area (Å²) in [6, 6.07) is 6.00. The van der Waals surface area contributed by atoms with Crippen LogP contribution in [0.1, 0.15) is 102 Å². The first-order valence-corrected chi connectivity index (χ1v) is 10.1. The molecular weight excluding hydrogens is 280 g/mol. The van der Waals surface area contributed by atoms with Crippen LogP contribution in [0.5, 0.6) is 5.75 Å². The molecule has 0 aliphatic rings. The van der Waals surface area contributed by atoms with Crippen LogP contribution >= 0.6 is 0 Å². The molecule has 0 unspecified atom stereocenters. The van der Waals surface area contributed by atoms with E-state index < -0.39 is 0 Å². The van der Waals surface area contributed by atoms with Gasteiger partial charge in [-0.2, -0.15) is 0 Å². The second kappa shape index (κ2) is 13.5. The molecule has 0 fully saturated rings. The third-order valence-electron chi connectivity index (χ3n) is 4.79. The number of rotatable bonds is 14. The van der Waals surface area contributed by atoms with Gasteiger partial charge in [-0.15, -0.1) is 0 Å². The number of phenolic OH excluding ortho intramolecular Hbond substituents is 1. The van der Waals surface area contributed by atoms with Crippen molar-refractivity contribution in [1.82, 2.24) is 0 Å². The Hall–Kier alpha value is -0.980. The van der Waals surface area contributed by atoms with E-state index in [4.69, 9.17) is 0 Å². The van der Waals surface area contributed by atoms with Gasteiger partial charge in [0.25, 0.3) is 0 Å². The van der Waals surface area contributed by atoms with Crippen molar-refractivity contribution in [1.29, 1.82) is 0 Å². The highest BCUT2D eigenvalue weighted by molar-refractivity contribution is 5.35. The summed E-state index contributed by atoms with van der Waals surface area (Å²) in [6.45, 7) is 4.53. The summed E-state index contributed by atoms with van der Waals surface area (Å²) in [4.78, 5) is 0. The average Bonchev–Trinajstić information content (AvgIpc) is 2.55. The number of hydrogen-bond acceptors (Lipinski definition) is 1. The Bertz CT molecular complexity index is 397. The molecule has 1 aromatic carbocycles. The lowest BCUT2D eigenvalue weighted by molar-refractivity contribution is 0.473. The van der Waals surface area contributed by atoms with E-state index in [1.54, 1.807) is 0 Å². The first-order valence-electron chi connectivity index (χ1n) is 10.1. The van der Waals surface area contributed by atoms with E-state index in [1.807, 2.05) is 12.1 Å². The third kappa shape index (κ3) is 9.69. The number of benzene rings is 1. The van der Waals surface area contributed by atoms with E-state index in [1.165, 1.54) is 94.6 Å². The van der Waals surface area contributed by atoms with Gasteiger partial charge in [0.05, 0.1) is 0 Å². The summed E-state index contributed by atoms with van der Waals surface area (Å²) in [5, 5.41) is 9.78. The van der Waals surface area contributed by atoms with Gasteiger partial charge >= 0.3 is 0 Å². The zero-order valence-electron chi connectivity index (χ0n) is 15.6. The summed E-state index contributed by atoms with van der Waals surface area (Å²) in [5.41, 5.74) is 2.85. The maximum atomic E-state index is 9.78. The molecule has 0 saturated carbocycles. The molecule has 1 nitrogen and oxygen atoms in total. The van der Waals surface area contributed by atoms with Crippen molar-refractivity contribution in [3.05, 3.63) is 29.3 Å². The molecule has 0 spiro atoms. The summed E-state index contributed by atoms with van der Waals surface area (Å²) < 4.78 is 0. The van der Waals surface area contributed by atoms with Gasteiger partial charge in [0.15, 0.2) is 0 Å². The van der Waals surface area contributed by atoms with E-state index in [0.717, 1.165) is 6.42 Å². The first-order chi connectivity index (χ1) is 11.3. The highest BCUT2D eigenvalue weighted by Crippen LogP contribution is 2.21. The third-order valence-corrected chi connectivity index (χ3v) is 4.79. The quantitative estimate of drug-likeness (QED) is 0.360. The zero-order valence-corrected chi connectivity index (χ0v) is 15.6. The van der Waals surface area contributed by atoms with Crippen molar-refractivity contribution in [2.45, 2.75) is 104 Å². The van der Waals surface area contributed by atoms with Gasteiger partial charge < -0.3 is 5.11 Å². The SMILES string of the molecule is CCCCCCCCc1ccc(O)cc1CCCCCCCC. The molecular formula is C22H38O. The molecule has 132 valence electrons. The topological polar surface area (TPSA) is 20.2 Å². The normalized spacial score (nSPS) is 11.0. The van der Waals surface area contributed by atoms with Crippen LogP contribution < -0.4 is 0 Å². The molecule has 1 rings (SSSR count). The predicted octanol–water partition coefficient (Wildman–Crippen LogP) is 7.20. The number of aryl methyl sites for hydroxylation is 2. The van der Waals surface area contributed by atoms with Crippen molar-refractivity contribution in [2.75, 3.05) is 0 Å². The van der Waals surface area contributed by atoms with Gasteiger partial charge in [-0.1, -0.05) is 84.1 Å². The van der Waals surface area contributed by atoms with Crippen LogP contribution in [0.4, 0.5) is 0 Å². The van der Waals surface area contributed by atoms with Gasteiger partial charge in [0.2, 0.25) is 0 Å². The number of hydrogen-bond donors (Lipinski definition) is 1. The lowest BCUT2D eigenvalue weighted by Crippen LogP contribution is -1.96. The fourth-order valence-corrected chi connectivity index (χ4v) is 3.28. The van der Waals surface area contributed by atoms with Crippen molar-refractivity contribution < 1.29 is 5.11 Å². The molecule has 0 saturated heterocycles. The second-order valence-electron chi connectivity index (χ2n) is 6.99. The molecule has 1 heteroatoms. The van der Waals surface area contributed by atoms with Crippen LogP contribution in [-0.2, 0) is 12.8 Å². The largest absolute Gasteiger partial charge is 0.508 e. The average molecular weight is 319 g/mol. The Balaban J connectivity index is 2.31. The van der Waals surface area contributed by atoms with Crippen LogP contribution in [0.3, 0.4) is 0 Å². The Morgan fingerprint density at radius 3 is 1.65 bits per heavy atom. The van der Waals surface area contributed by atoms with Crippen LogP contribution in [-0.4, -0.2) is 5.11 Å². The van der Waals surface area contributed by atoms with Gasteiger partial charge in [-0.3, -0.25) is 0 Å². The number of phenols is 1. The van der Waals surface area contributed by atoms with Crippen LogP contribution in [0.15, 0.2) is 18.2 Å². The van der Waals surface area contributed by atoms with E-state index >= 15 is 0 Å². The van der Waals surface area contributed by atoms with Gasteiger partial charge in [0, 0.05) is 0 Å². The molecule has 1 aromatic rings. The summed E-state index contributed by atoms with van der Waals surface area (Å²) in [7, 11) is 0. The van der Waals surface area contributed by atoms with Gasteiger partial charge in [-0.05, 0) is 48.9 Å². The summed E-state index contributed by atoms with van der Waals surface area (Å²) in [5.74, 6) is 0.428. The van der Waals surface area contributed by atoms with Crippen molar-refractivity contribution >= 4 is 0 Å². The minimum Gasteiger partial charge on any atom is -0.508 e. The minimum atomic E-state index is 0.428. The fourth-order valence-electron chi connectivity index (χ4n) is 3.28. The first kappa shape index (κ1) is 20.1. The molecule has 23 heavy (non-hydrogen) atoms. The predicted molar refractivity (Wildman–Crippen MR) is 102 cm³/mol. The van der Waals surface area contributed by atoms with Crippen molar-refractivity contribution in [2.24, 2.45) is 0 Å². The molecule has 0 aromatic heterocycles. The van der Waals surface area contributed by atoms with Crippen LogP contribution in [0.25, 0.3) is 0 Å². The molecule has 1 N–H and O–H groups in total. The van der Waals surface area contributed by atoms with Crippen LogP contribution in [0, 0.1) is 0 Å². The lowest BCUT2D eigenvalue weighted by Gasteiger charge is -2.10. The maximum absolute atomic E-state index is 9.78. The Morgan fingerprint density at radius 2 is 1.09 bits per heavy atom. The fraction of sp³-hybridized carbons (Fsp3) is 0.727. The zero-order chi connectivity index (χ0) is 16.8. The van der Waals surface area contributed by atoms with Gasteiger partial charge in [0.1, 0.15) is 5.75 Å². The van der Waals surface area contributed by atoms with E-state index in [2.05, 4.69) is 19.9 Å². The number of unbranched alkanes of at least 4 members (excludes halogenated alkanes) is 10. The highest BCUT2D eigenvalue weighted by atomic mass is 16.3. The highest BCUT2D eigenvalue weighted by Gasteiger charge is 2.04. The van der Waals surface area contributed by atoms with Crippen LogP contribution in [0.2, 0.25) is 0 Å². The molecule has 0 atom stereocenters. The van der Waals surface area contributed by atoms with Crippen molar-refractivity contribution in [3.63, 3.8) is 0 Å². The minimum absolute atomic E-state index is 0.428. The smallest absolute Gasteiger partial charge is 0.115 e. The molecule has 0 amide bonds. The summed E-state index contributed by atoms with van der Waals surface area (Å²) >= 11 is 0. The standard InChI is InChI=1S/C22H38O/c1-3-5-7-9-11-13-15-20-17-18-22(23)19-21(20)16-14-12-10-8-6-4-2/h17-19,23H,3-16H2,1-2H3.